The van der Waals surface area contributed by atoms with Crippen molar-refractivity contribution in [3.8, 4) is 5.75 Å². The molecular formula is C15H19NO3. The standard InChI is InChI=1S/C15H19NO3/c1-19-13-6-4-12(5-7-13)16-15(14(17)18)9-10-2-3-11(15)8-10/h4-7,10-11,16H,2-3,8-9H2,1H3,(H,17,18). The first-order valence-electron chi connectivity index (χ1n) is 6.79. The van der Waals surface area contributed by atoms with Gasteiger partial charge in [-0.05, 0) is 61.8 Å². The first-order chi connectivity index (χ1) is 9.14. The summed E-state index contributed by atoms with van der Waals surface area (Å²) in [6.07, 6.45) is 4.01. The Hall–Kier alpha value is -1.71. The molecule has 1 aromatic rings. The molecule has 0 aliphatic heterocycles. The predicted octanol–water partition coefficient (Wildman–Crippen LogP) is 2.75. The lowest BCUT2D eigenvalue weighted by Crippen LogP contribution is -2.50. The fourth-order valence-electron chi connectivity index (χ4n) is 3.73. The van der Waals surface area contributed by atoms with Gasteiger partial charge in [-0.1, -0.05) is 0 Å². The highest BCUT2D eigenvalue weighted by atomic mass is 16.5. The minimum absolute atomic E-state index is 0.261. The van der Waals surface area contributed by atoms with Crippen LogP contribution in [0.3, 0.4) is 0 Å². The van der Waals surface area contributed by atoms with Gasteiger partial charge in [-0.25, -0.2) is 4.79 Å². The highest BCUT2D eigenvalue weighted by molar-refractivity contribution is 5.84. The second-order valence-corrected chi connectivity index (χ2v) is 5.71. The first kappa shape index (κ1) is 12.3. The van der Waals surface area contributed by atoms with Crippen LogP contribution >= 0.6 is 0 Å². The smallest absolute Gasteiger partial charge is 0.329 e. The number of nitrogens with one attached hydrogen (secondary N) is 1. The molecule has 4 nitrogen and oxygen atoms in total. The molecule has 102 valence electrons. The van der Waals surface area contributed by atoms with E-state index in [1.165, 1.54) is 6.42 Å². The Bertz CT molecular complexity index is 485. The molecule has 3 atom stereocenters. The molecule has 0 spiro atoms. The van der Waals surface area contributed by atoms with E-state index in [4.69, 9.17) is 4.74 Å². The molecule has 1 aromatic carbocycles. The van der Waals surface area contributed by atoms with E-state index in [2.05, 4.69) is 5.32 Å². The van der Waals surface area contributed by atoms with Crippen molar-refractivity contribution in [2.45, 2.75) is 31.2 Å². The predicted molar refractivity (Wildman–Crippen MR) is 72.4 cm³/mol. The van der Waals surface area contributed by atoms with E-state index in [1.807, 2.05) is 24.3 Å². The number of ether oxygens (including phenoxy) is 1. The molecule has 2 aliphatic carbocycles. The maximum Gasteiger partial charge on any atom is 0.329 e. The maximum absolute atomic E-state index is 11.8. The second-order valence-electron chi connectivity index (χ2n) is 5.71. The molecule has 4 heteroatoms. The van der Waals surface area contributed by atoms with Crippen molar-refractivity contribution in [3.05, 3.63) is 24.3 Å². The van der Waals surface area contributed by atoms with E-state index in [9.17, 15) is 9.90 Å². The Morgan fingerprint density at radius 2 is 2.11 bits per heavy atom. The van der Waals surface area contributed by atoms with Gasteiger partial charge in [0.1, 0.15) is 11.3 Å². The van der Waals surface area contributed by atoms with Crippen LogP contribution in [0.4, 0.5) is 5.69 Å². The maximum atomic E-state index is 11.8. The summed E-state index contributed by atoms with van der Waals surface area (Å²) in [5.41, 5.74) is 0.0908. The largest absolute Gasteiger partial charge is 0.497 e. The normalized spacial score (nSPS) is 32.3. The van der Waals surface area contributed by atoms with Gasteiger partial charge in [0.25, 0.3) is 0 Å². The molecule has 0 saturated heterocycles. The quantitative estimate of drug-likeness (QED) is 0.875. The number of aliphatic carboxylic acids is 1. The Kier molecular flexibility index (Phi) is 2.88. The van der Waals surface area contributed by atoms with Crippen LogP contribution in [0.5, 0.6) is 5.75 Å². The SMILES string of the molecule is COc1ccc(NC2(C(=O)O)CC3CCC2C3)cc1. The Balaban J connectivity index is 1.84. The van der Waals surface area contributed by atoms with Crippen LogP contribution in [-0.2, 0) is 4.79 Å². The van der Waals surface area contributed by atoms with Crippen molar-refractivity contribution in [1.82, 2.24) is 0 Å². The summed E-state index contributed by atoms with van der Waals surface area (Å²) in [5.74, 6) is 0.905. The molecule has 2 fully saturated rings. The summed E-state index contributed by atoms with van der Waals surface area (Å²) in [4.78, 5) is 11.8. The van der Waals surface area contributed by atoms with Crippen molar-refractivity contribution in [3.63, 3.8) is 0 Å². The van der Waals surface area contributed by atoms with Crippen LogP contribution < -0.4 is 10.1 Å². The van der Waals surface area contributed by atoms with Gasteiger partial charge >= 0.3 is 5.97 Å². The molecule has 3 rings (SSSR count). The van der Waals surface area contributed by atoms with E-state index in [0.29, 0.717) is 5.92 Å². The van der Waals surface area contributed by atoms with Crippen LogP contribution in [0.15, 0.2) is 24.3 Å². The zero-order valence-corrected chi connectivity index (χ0v) is 11.1. The highest BCUT2D eigenvalue weighted by Gasteiger charge is 2.56. The molecule has 3 unspecified atom stereocenters. The van der Waals surface area contributed by atoms with Gasteiger partial charge in [-0.2, -0.15) is 0 Å². The molecule has 0 aromatic heterocycles. The average Bonchev–Trinajstić information content (AvgIpc) is 3.00. The molecular weight excluding hydrogens is 242 g/mol. The number of hydrogen-bond donors (Lipinski definition) is 2. The lowest BCUT2D eigenvalue weighted by atomic mass is 9.80. The monoisotopic (exact) mass is 261 g/mol. The Morgan fingerprint density at radius 3 is 2.58 bits per heavy atom. The fourth-order valence-corrected chi connectivity index (χ4v) is 3.73. The summed E-state index contributed by atoms with van der Waals surface area (Å²) in [7, 11) is 1.62. The van der Waals surface area contributed by atoms with Gasteiger partial charge in [-0.15, -0.1) is 0 Å². The van der Waals surface area contributed by atoms with Gasteiger partial charge in [0, 0.05) is 5.69 Å². The first-order valence-corrected chi connectivity index (χ1v) is 6.79. The van der Waals surface area contributed by atoms with Crippen molar-refractivity contribution < 1.29 is 14.6 Å². The zero-order chi connectivity index (χ0) is 13.5. The van der Waals surface area contributed by atoms with Crippen LogP contribution in [-0.4, -0.2) is 23.7 Å². The van der Waals surface area contributed by atoms with Crippen LogP contribution in [0.2, 0.25) is 0 Å². The lowest BCUT2D eigenvalue weighted by Gasteiger charge is -2.35. The number of rotatable bonds is 4. The summed E-state index contributed by atoms with van der Waals surface area (Å²) >= 11 is 0. The van der Waals surface area contributed by atoms with Crippen LogP contribution in [0, 0.1) is 11.8 Å². The number of methoxy groups -OCH3 is 1. The fraction of sp³-hybridized carbons (Fsp3) is 0.533. The minimum atomic E-state index is -0.766. The molecule has 0 radical (unpaired) electrons. The molecule has 0 amide bonds. The van der Waals surface area contributed by atoms with Crippen molar-refractivity contribution >= 4 is 11.7 Å². The lowest BCUT2D eigenvalue weighted by molar-refractivity contribution is -0.144. The molecule has 2 aliphatic rings. The number of carboxylic acid groups (broad SMARTS) is 1. The van der Waals surface area contributed by atoms with Gasteiger partial charge in [-0.3, -0.25) is 0 Å². The number of carbonyl (C=O) groups is 1. The van der Waals surface area contributed by atoms with E-state index >= 15 is 0 Å². The third-order valence-corrected chi connectivity index (χ3v) is 4.69. The van der Waals surface area contributed by atoms with Crippen LogP contribution in [0.25, 0.3) is 0 Å². The van der Waals surface area contributed by atoms with Gasteiger partial charge in [0.05, 0.1) is 7.11 Å². The number of hydrogen-bond acceptors (Lipinski definition) is 3. The summed E-state index contributed by atoms with van der Waals surface area (Å²) in [6, 6.07) is 7.47. The van der Waals surface area contributed by atoms with Crippen LogP contribution in [0.1, 0.15) is 25.7 Å². The van der Waals surface area contributed by atoms with Crippen molar-refractivity contribution in [1.29, 1.82) is 0 Å². The second kappa shape index (κ2) is 4.44. The number of benzene rings is 1. The van der Waals surface area contributed by atoms with E-state index in [1.54, 1.807) is 7.11 Å². The van der Waals surface area contributed by atoms with Gasteiger partial charge in [0.15, 0.2) is 0 Å². The number of fused-ring (bicyclic) bond motifs is 2. The zero-order valence-electron chi connectivity index (χ0n) is 11.1. The summed E-state index contributed by atoms with van der Waals surface area (Å²) in [5, 5.41) is 12.9. The Labute approximate surface area is 112 Å². The van der Waals surface area contributed by atoms with E-state index in [-0.39, 0.29) is 5.92 Å². The third kappa shape index (κ3) is 1.95. The topological polar surface area (TPSA) is 58.6 Å². The highest BCUT2D eigenvalue weighted by Crippen LogP contribution is 2.52. The average molecular weight is 261 g/mol. The third-order valence-electron chi connectivity index (χ3n) is 4.69. The summed E-state index contributed by atoms with van der Waals surface area (Å²) in [6.45, 7) is 0. The number of carboxylic acids is 1. The summed E-state index contributed by atoms with van der Waals surface area (Å²) < 4.78 is 5.12. The Morgan fingerprint density at radius 1 is 1.37 bits per heavy atom. The van der Waals surface area contributed by atoms with E-state index < -0.39 is 11.5 Å². The van der Waals surface area contributed by atoms with Crippen molar-refractivity contribution in [2.24, 2.45) is 11.8 Å². The van der Waals surface area contributed by atoms with E-state index in [0.717, 1.165) is 30.7 Å². The van der Waals surface area contributed by atoms with Gasteiger partial charge < -0.3 is 15.2 Å². The number of anilines is 1. The molecule has 19 heavy (non-hydrogen) atoms. The molecule has 0 heterocycles. The molecule has 2 bridgehead atoms. The van der Waals surface area contributed by atoms with Gasteiger partial charge in [0.2, 0.25) is 0 Å². The molecule has 2 N–H and O–H groups in total. The van der Waals surface area contributed by atoms with Crippen molar-refractivity contribution in [2.75, 3.05) is 12.4 Å². The minimum Gasteiger partial charge on any atom is -0.497 e. The molecule has 2 saturated carbocycles.